The van der Waals surface area contributed by atoms with E-state index >= 15 is 0 Å². The van der Waals surface area contributed by atoms with E-state index in [0.29, 0.717) is 71.9 Å². The lowest BCUT2D eigenvalue weighted by Gasteiger charge is -2.35. The Hall–Kier alpha value is -5.16. The molecule has 0 bridgehead atoms. The van der Waals surface area contributed by atoms with Crippen LogP contribution in [-0.4, -0.2) is 66.3 Å². The van der Waals surface area contributed by atoms with E-state index in [1.807, 2.05) is 61.5 Å². The van der Waals surface area contributed by atoms with Crippen molar-refractivity contribution in [2.75, 3.05) is 55.9 Å². The lowest BCUT2D eigenvalue weighted by Crippen LogP contribution is -2.50. The van der Waals surface area contributed by atoms with Gasteiger partial charge in [-0.05, 0) is 73.2 Å². The van der Waals surface area contributed by atoms with Crippen molar-refractivity contribution in [3.05, 3.63) is 89.2 Å². The van der Waals surface area contributed by atoms with Crippen molar-refractivity contribution in [2.45, 2.75) is 6.92 Å². The summed E-state index contributed by atoms with van der Waals surface area (Å²) in [4.78, 5) is 31.5. The van der Waals surface area contributed by atoms with Crippen LogP contribution >= 0.6 is 11.6 Å². The van der Waals surface area contributed by atoms with Crippen LogP contribution in [0.2, 0.25) is 5.02 Å². The number of anilines is 4. The van der Waals surface area contributed by atoms with Gasteiger partial charge in [0.05, 0.1) is 30.5 Å². The number of amides is 2. The summed E-state index contributed by atoms with van der Waals surface area (Å²) in [6.45, 7) is 4.00. The minimum Gasteiger partial charge on any atom is -0.493 e. The highest BCUT2D eigenvalue weighted by Crippen LogP contribution is 2.34. The number of carbonyl (C=O) groups is 1. The maximum atomic E-state index is 13.8. The number of halogens is 2. The van der Waals surface area contributed by atoms with E-state index in [1.54, 1.807) is 25.2 Å². The van der Waals surface area contributed by atoms with Gasteiger partial charge in [-0.25, -0.2) is 19.2 Å². The molecule has 1 fully saturated rings. The van der Waals surface area contributed by atoms with Crippen LogP contribution in [0.5, 0.6) is 11.5 Å². The number of urea groups is 1. The number of hydrogen-bond donors (Lipinski definition) is 2. The maximum absolute atomic E-state index is 13.8. The molecule has 1 aliphatic heterocycles. The molecule has 0 spiro atoms. The van der Waals surface area contributed by atoms with E-state index in [1.165, 1.54) is 12.1 Å². The number of aryl methyl sites for hydroxylation is 1. The van der Waals surface area contributed by atoms with E-state index < -0.39 is 5.82 Å². The third-order valence-electron chi connectivity index (χ3n) is 7.51. The lowest BCUT2D eigenvalue weighted by atomic mass is 10.1. The lowest BCUT2D eigenvalue weighted by molar-refractivity contribution is 0.208. The zero-order valence-electron chi connectivity index (χ0n) is 25.0. The Balaban J connectivity index is 1.32. The average molecular weight is 628 g/mol. The molecule has 0 aliphatic carbocycles. The summed E-state index contributed by atoms with van der Waals surface area (Å²) in [7, 11) is 3.18. The molecule has 6 rings (SSSR count). The first kappa shape index (κ1) is 29.9. The van der Waals surface area contributed by atoms with Gasteiger partial charge in [0.25, 0.3) is 0 Å². The summed E-state index contributed by atoms with van der Waals surface area (Å²) in [5.74, 6) is 1.61. The number of piperazine rings is 1. The Bertz CT molecular complexity index is 1880. The van der Waals surface area contributed by atoms with Crippen LogP contribution in [0.1, 0.15) is 5.56 Å². The van der Waals surface area contributed by atoms with Gasteiger partial charge in [0.2, 0.25) is 5.95 Å². The number of benzene rings is 3. The van der Waals surface area contributed by atoms with Crippen LogP contribution < -0.4 is 25.0 Å². The number of nitrogens with one attached hydrogen (secondary N) is 2. The molecule has 2 aromatic heterocycles. The highest BCUT2D eigenvalue weighted by atomic mass is 35.5. The molecule has 5 aromatic rings. The van der Waals surface area contributed by atoms with Crippen molar-refractivity contribution in [1.82, 2.24) is 19.9 Å². The predicted molar refractivity (Wildman–Crippen MR) is 175 cm³/mol. The molecule has 1 aliphatic rings. The fourth-order valence-electron chi connectivity index (χ4n) is 5.18. The third kappa shape index (κ3) is 6.53. The van der Waals surface area contributed by atoms with Gasteiger partial charge in [-0.3, -0.25) is 0 Å². The minimum atomic E-state index is -0.515. The summed E-state index contributed by atoms with van der Waals surface area (Å²) in [6.07, 6.45) is 0. The van der Waals surface area contributed by atoms with Crippen LogP contribution in [0.25, 0.3) is 22.3 Å². The molecular formula is C33H31ClFN7O3. The number of hydrogen-bond acceptors (Lipinski definition) is 8. The number of nitrogens with zero attached hydrogens (tertiary/aromatic N) is 5. The summed E-state index contributed by atoms with van der Waals surface area (Å²) in [6, 6.07) is 21.3. The predicted octanol–water partition coefficient (Wildman–Crippen LogP) is 6.91. The van der Waals surface area contributed by atoms with E-state index in [-0.39, 0.29) is 11.1 Å². The molecule has 0 saturated carbocycles. The Morgan fingerprint density at radius 1 is 0.867 bits per heavy atom. The number of carbonyl (C=O) groups excluding carboxylic acids is 1. The highest BCUT2D eigenvalue weighted by molar-refractivity contribution is 6.31. The average Bonchev–Trinajstić information content (AvgIpc) is 3.05. The largest absolute Gasteiger partial charge is 0.493 e. The summed E-state index contributed by atoms with van der Waals surface area (Å²) in [5, 5.41) is 6.12. The number of ether oxygens (including phenoxy) is 2. The van der Waals surface area contributed by atoms with E-state index in [9.17, 15) is 9.18 Å². The molecule has 0 radical (unpaired) electrons. The number of fused-ring (bicyclic) bond motifs is 1. The zero-order chi connectivity index (χ0) is 31.5. The van der Waals surface area contributed by atoms with Gasteiger partial charge in [-0.15, -0.1) is 0 Å². The number of rotatable bonds is 7. The van der Waals surface area contributed by atoms with Gasteiger partial charge in [0.1, 0.15) is 11.3 Å². The molecular weight excluding hydrogens is 597 g/mol. The number of pyridine rings is 1. The fourth-order valence-corrected chi connectivity index (χ4v) is 5.36. The molecule has 2 N–H and O–H groups in total. The summed E-state index contributed by atoms with van der Waals surface area (Å²) < 4.78 is 24.7. The van der Waals surface area contributed by atoms with Gasteiger partial charge in [-0.2, -0.15) is 4.98 Å². The van der Waals surface area contributed by atoms with E-state index in [2.05, 4.69) is 15.5 Å². The Labute approximate surface area is 264 Å². The second-order valence-corrected chi connectivity index (χ2v) is 10.9. The molecule has 2 amide bonds. The standard InChI is InChI=1S/C33H31ClFN7O3/c1-20-5-4-6-22(17-20)37-33(43)42-15-13-41(14-16-42)31-30-27(39-32(40-31)36-23-8-9-25(35)24(34)19-23)11-10-26(38-30)21-7-12-28(44-2)29(18-21)45-3/h4-12,17-19H,13-16H2,1-3H3,(H,37,43)(H,36,39,40). The summed E-state index contributed by atoms with van der Waals surface area (Å²) >= 11 is 6.01. The Morgan fingerprint density at radius 3 is 2.40 bits per heavy atom. The molecule has 1 saturated heterocycles. The van der Waals surface area contributed by atoms with Crippen LogP contribution in [0.4, 0.5) is 32.3 Å². The van der Waals surface area contributed by atoms with Gasteiger partial charge < -0.3 is 29.9 Å². The van der Waals surface area contributed by atoms with Crippen molar-refractivity contribution < 1.29 is 18.7 Å². The summed E-state index contributed by atoms with van der Waals surface area (Å²) in [5.41, 5.74) is 5.12. The topological polar surface area (TPSA) is 105 Å². The first-order valence-electron chi connectivity index (χ1n) is 14.3. The van der Waals surface area contributed by atoms with Crippen LogP contribution in [-0.2, 0) is 0 Å². The van der Waals surface area contributed by atoms with Crippen LogP contribution in [0.15, 0.2) is 72.8 Å². The molecule has 10 nitrogen and oxygen atoms in total. The van der Waals surface area contributed by atoms with E-state index in [0.717, 1.165) is 16.8 Å². The SMILES string of the molecule is COc1ccc(-c2ccc3nc(Nc4ccc(F)c(Cl)c4)nc(N4CCN(C(=O)Nc5cccc(C)c5)CC4)c3n2)cc1OC. The molecule has 12 heteroatoms. The van der Waals surface area contributed by atoms with Crippen molar-refractivity contribution in [3.63, 3.8) is 0 Å². The molecule has 230 valence electrons. The maximum Gasteiger partial charge on any atom is 0.321 e. The van der Waals surface area contributed by atoms with Gasteiger partial charge >= 0.3 is 6.03 Å². The van der Waals surface area contributed by atoms with Crippen LogP contribution in [0.3, 0.4) is 0 Å². The second-order valence-electron chi connectivity index (χ2n) is 10.5. The number of aromatic nitrogens is 3. The molecule has 0 atom stereocenters. The molecule has 3 heterocycles. The van der Waals surface area contributed by atoms with Crippen LogP contribution in [0, 0.1) is 12.7 Å². The second kappa shape index (κ2) is 12.8. The van der Waals surface area contributed by atoms with E-state index in [4.69, 9.17) is 36.0 Å². The minimum absolute atomic E-state index is 0.0118. The van der Waals surface area contributed by atoms with Gasteiger partial charge in [-0.1, -0.05) is 23.7 Å². The Kier molecular flexibility index (Phi) is 8.52. The molecule has 45 heavy (non-hydrogen) atoms. The third-order valence-corrected chi connectivity index (χ3v) is 7.80. The van der Waals surface area contributed by atoms with Crippen molar-refractivity contribution in [2.24, 2.45) is 0 Å². The molecule has 0 unspecified atom stereocenters. The first-order valence-corrected chi connectivity index (χ1v) is 14.7. The highest BCUT2D eigenvalue weighted by Gasteiger charge is 2.25. The van der Waals surface area contributed by atoms with Crippen molar-refractivity contribution in [1.29, 1.82) is 0 Å². The molecule has 3 aromatic carbocycles. The first-order chi connectivity index (χ1) is 21.8. The quantitative estimate of drug-likeness (QED) is 0.201. The Morgan fingerprint density at radius 2 is 1.67 bits per heavy atom. The van der Waals surface area contributed by atoms with Gasteiger partial charge in [0, 0.05) is 43.1 Å². The van der Waals surface area contributed by atoms with Gasteiger partial charge in [0.15, 0.2) is 17.3 Å². The normalized spacial score (nSPS) is 13.1. The zero-order valence-corrected chi connectivity index (χ0v) is 25.7. The smallest absolute Gasteiger partial charge is 0.321 e. The number of methoxy groups -OCH3 is 2. The van der Waals surface area contributed by atoms with Crippen molar-refractivity contribution >= 4 is 51.8 Å². The monoisotopic (exact) mass is 627 g/mol. The fraction of sp³-hybridized carbons (Fsp3) is 0.212. The van der Waals surface area contributed by atoms with Crippen molar-refractivity contribution in [3.8, 4) is 22.8 Å².